The van der Waals surface area contributed by atoms with Crippen LogP contribution in [0, 0.1) is 6.92 Å². The lowest BCUT2D eigenvalue weighted by Crippen LogP contribution is -2.41. The zero-order chi connectivity index (χ0) is 21.7. The van der Waals surface area contributed by atoms with Crippen LogP contribution in [-0.2, 0) is 17.8 Å². The minimum atomic E-state index is -0.417. The first-order valence-corrected chi connectivity index (χ1v) is 9.91. The molecule has 160 valence electrons. The fourth-order valence-corrected chi connectivity index (χ4v) is 3.54. The molecule has 1 aliphatic heterocycles. The van der Waals surface area contributed by atoms with Crippen molar-refractivity contribution in [1.82, 2.24) is 15.2 Å². The van der Waals surface area contributed by atoms with E-state index < -0.39 is 5.91 Å². The molecule has 1 fully saturated rings. The molecular weight excluding hydrogens is 386 g/mol. The number of carbonyl (C=O) groups is 2. The average Bonchev–Trinajstić information content (AvgIpc) is 3.16. The summed E-state index contributed by atoms with van der Waals surface area (Å²) >= 11 is 0. The van der Waals surface area contributed by atoms with Crippen molar-refractivity contribution in [2.75, 3.05) is 20.8 Å². The molecule has 1 aromatic carbocycles. The molecule has 0 saturated carbocycles. The Morgan fingerprint density at radius 1 is 1.20 bits per heavy atom. The minimum absolute atomic E-state index is 0.0114. The van der Waals surface area contributed by atoms with Crippen molar-refractivity contribution in [2.45, 2.75) is 38.8 Å². The third-order valence-corrected chi connectivity index (χ3v) is 5.28. The number of amides is 2. The van der Waals surface area contributed by atoms with Gasteiger partial charge in [-0.1, -0.05) is 6.07 Å². The highest BCUT2D eigenvalue weighted by atomic mass is 16.5. The zero-order valence-electron chi connectivity index (χ0n) is 17.5. The van der Waals surface area contributed by atoms with Crippen molar-refractivity contribution in [2.24, 2.45) is 0 Å². The molecule has 2 heterocycles. The van der Waals surface area contributed by atoms with Crippen LogP contribution >= 0.6 is 0 Å². The number of benzene rings is 1. The molecule has 1 unspecified atom stereocenters. The quantitative estimate of drug-likeness (QED) is 0.682. The molecule has 1 atom stereocenters. The summed E-state index contributed by atoms with van der Waals surface area (Å²) in [5, 5.41) is 5.58. The van der Waals surface area contributed by atoms with Gasteiger partial charge in [0, 0.05) is 31.7 Å². The van der Waals surface area contributed by atoms with E-state index in [1.54, 1.807) is 33.4 Å². The summed E-state index contributed by atoms with van der Waals surface area (Å²) in [6.45, 7) is 2.48. The monoisotopic (exact) mass is 413 g/mol. The average molecular weight is 413 g/mol. The lowest BCUT2D eigenvalue weighted by atomic mass is 10.1. The molecule has 1 aliphatic rings. The maximum absolute atomic E-state index is 12.9. The van der Waals surface area contributed by atoms with E-state index in [1.807, 2.05) is 18.2 Å². The Labute approximate surface area is 175 Å². The van der Waals surface area contributed by atoms with Crippen LogP contribution in [0.2, 0.25) is 0 Å². The molecule has 0 radical (unpaired) electrons. The Bertz CT molecular complexity index is 999. The Balaban J connectivity index is 1.70. The van der Waals surface area contributed by atoms with E-state index in [0.717, 1.165) is 5.56 Å². The molecule has 8 nitrogen and oxygen atoms in total. The predicted molar refractivity (Wildman–Crippen MR) is 112 cm³/mol. The number of ether oxygens (including phenoxy) is 2. The maximum atomic E-state index is 12.9. The smallest absolute Gasteiger partial charge is 0.263 e. The van der Waals surface area contributed by atoms with Gasteiger partial charge in [-0.3, -0.25) is 14.4 Å². The molecule has 1 aromatic heterocycles. The van der Waals surface area contributed by atoms with E-state index in [9.17, 15) is 14.4 Å². The van der Waals surface area contributed by atoms with Crippen molar-refractivity contribution in [3.8, 4) is 11.5 Å². The molecule has 0 bridgehead atoms. The van der Waals surface area contributed by atoms with Gasteiger partial charge < -0.3 is 24.7 Å². The van der Waals surface area contributed by atoms with Crippen LogP contribution in [0.4, 0.5) is 0 Å². The van der Waals surface area contributed by atoms with Crippen molar-refractivity contribution >= 4 is 11.8 Å². The topological polar surface area (TPSA) is 98.7 Å². The molecule has 0 aliphatic carbocycles. The number of nitrogens with one attached hydrogen (secondary N) is 2. The molecular formula is C22H27N3O5. The van der Waals surface area contributed by atoms with Gasteiger partial charge in [0.15, 0.2) is 11.5 Å². The van der Waals surface area contributed by atoms with Crippen molar-refractivity contribution < 1.29 is 19.1 Å². The molecule has 2 N–H and O–H groups in total. The van der Waals surface area contributed by atoms with Gasteiger partial charge >= 0.3 is 0 Å². The maximum Gasteiger partial charge on any atom is 0.263 e. The van der Waals surface area contributed by atoms with E-state index >= 15 is 0 Å². The number of pyridine rings is 1. The van der Waals surface area contributed by atoms with E-state index in [4.69, 9.17) is 9.47 Å². The van der Waals surface area contributed by atoms with Gasteiger partial charge in [0.05, 0.1) is 14.2 Å². The molecule has 8 heteroatoms. The summed E-state index contributed by atoms with van der Waals surface area (Å²) in [6.07, 6.45) is 3.45. The summed E-state index contributed by atoms with van der Waals surface area (Å²) in [4.78, 5) is 36.8. The highest BCUT2D eigenvalue weighted by molar-refractivity contribution is 5.95. The largest absolute Gasteiger partial charge is 0.493 e. The summed E-state index contributed by atoms with van der Waals surface area (Å²) < 4.78 is 12.1. The van der Waals surface area contributed by atoms with E-state index in [0.29, 0.717) is 49.4 Å². The number of aryl methyl sites for hydroxylation is 3. The van der Waals surface area contributed by atoms with E-state index in [1.165, 1.54) is 4.57 Å². The lowest BCUT2D eigenvalue weighted by molar-refractivity contribution is -0.119. The first-order chi connectivity index (χ1) is 14.4. The number of rotatable bonds is 8. The third kappa shape index (κ3) is 4.82. The van der Waals surface area contributed by atoms with Gasteiger partial charge in [-0.05, 0) is 49.1 Å². The van der Waals surface area contributed by atoms with Crippen LogP contribution in [0.1, 0.15) is 34.3 Å². The highest BCUT2D eigenvalue weighted by Crippen LogP contribution is 2.27. The van der Waals surface area contributed by atoms with Gasteiger partial charge in [-0.15, -0.1) is 0 Å². The molecule has 30 heavy (non-hydrogen) atoms. The van der Waals surface area contributed by atoms with Gasteiger partial charge in [0.2, 0.25) is 5.91 Å². The number of hydrogen-bond donors (Lipinski definition) is 2. The Hall–Kier alpha value is -3.29. The molecule has 0 spiro atoms. The number of hydrogen-bond acceptors (Lipinski definition) is 5. The molecule has 2 amide bonds. The second kappa shape index (κ2) is 9.47. The highest BCUT2D eigenvalue weighted by Gasteiger charge is 2.22. The SMILES string of the molecule is COc1ccc(CCn2ccc(C)c(C(=O)NCC3CCC(=O)N3)c2=O)cc1OC. The summed E-state index contributed by atoms with van der Waals surface area (Å²) in [7, 11) is 3.16. The van der Waals surface area contributed by atoms with Crippen LogP contribution < -0.4 is 25.7 Å². The van der Waals surface area contributed by atoms with Crippen LogP contribution in [0.15, 0.2) is 35.3 Å². The van der Waals surface area contributed by atoms with Gasteiger partial charge in [-0.25, -0.2) is 0 Å². The summed E-state index contributed by atoms with van der Waals surface area (Å²) in [6, 6.07) is 7.30. The van der Waals surface area contributed by atoms with Crippen LogP contribution in [-0.4, -0.2) is 43.2 Å². The van der Waals surface area contributed by atoms with Gasteiger partial charge in [-0.2, -0.15) is 0 Å². The first kappa shape index (κ1) is 21.4. The first-order valence-electron chi connectivity index (χ1n) is 9.91. The van der Waals surface area contributed by atoms with Gasteiger partial charge in [0.25, 0.3) is 11.5 Å². The molecule has 2 aromatic rings. The Morgan fingerprint density at radius 2 is 1.97 bits per heavy atom. The molecule has 1 saturated heterocycles. The minimum Gasteiger partial charge on any atom is -0.493 e. The second-order valence-corrected chi connectivity index (χ2v) is 7.32. The predicted octanol–water partition coefficient (Wildman–Crippen LogP) is 1.43. The number of methoxy groups -OCH3 is 2. The number of aromatic nitrogens is 1. The van der Waals surface area contributed by atoms with Gasteiger partial charge in [0.1, 0.15) is 5.56 Å². The summed E-state index contributed by atoms with van der Waals surface area (Å²) in [5.41, 5.74) is 1.41. The fourth-order valence-electron chi connectivity index (χ4n) is 3.54. The lowest BCUT2D eigenvalue weighted by Gasteiger charge is -2.14. The summed E-state index contributed by atoms with van der Waals surface area (Å²) in [5.74, 6) is 0.846. The van der Waals surface area contributed by atoms with Crippen LogP contribution in [0.5, 0.6) is 11.5 Å². The Morgan fingerprint density at radius 3 is 2.63 bits per heavy atom. The third-order valence-electron chi connectivity index (χ3n) is 5.28. The Kier molecular flexibility index (Phi) is 6.76. The van der Waals surface area contributed by atoms with Crippen molar-refractivity contribution in [3.05, 3.63) is 57.5 Å². The normalized spacial score (nSPS) is 15.6. The standard InChI is InChI=1S/C22H27N3O5/c1-14-8-10-25(11-9-15-4-6-17(29-2)18(12-15)30-3)22(28)20(14)21(27)23-13-16-5-7-19(26)24-16/h4,6,8,10,12,16H,5,7,9,11,13H2,1-3H3,(H,23,27)(H,24,26). The van der Waals surface area contributed by atoms with Crippen LogP contribution in [0.3, 0.4) is 0 Å². The van der Waals surface area contributed by atoms with E-state index in [2.05, 4.69) is 10.6 Å². The van der Waals surface area contributed by atoms with Crippen molar-refractivity contribution in [1.29, 1.82) is 0 Å². The number of carbonyl (C=O) groups excluding carboxylic acids is 2. The second-order valence-electron chi connectivity index (χ2n) is 7.32. The van der Waals surface area contributed by atoms with E-state index in [-0.39, 0.29) is 23.1 Å². The number of nitrogens with zero attached hydrogens (tertiary/aromatic N) is 1. The zero-order valence-corrected chi connectivity index (χ0v) is 17.5. The fraction of sp³-hybridized carbons (Fsp3) is 0.409. The molecule has 3 rings (SSSR count). The van der Waals surface area contributed by atoms with Crippen LogP contribution in [0.25, 0.3) is 0 Å². The van der Waals surface area contributed by atoms with Crippen molar-refractivity contribution in [3.63, 3.8) is 0 Å².